The maximum atomic E-state index is 10.6. The molecule has 9 aromatic carbocycles. The minimum absolute atomic E-state index is 0.0302. The lowest BCUT2D eigenvalue weighted by molar-refractivity contribution is 1.29. The van der Waals surface area contributed by atoms with Gasteiger partial charge in [0.2, 0.25) is 6.71 Å². The molecular weight excluding hydrogens is 641 g/mol. The van der Waals surface area contributed by atoms with Gasteiger partial charge in [0, 0.05) is 33.8 Å². The van der Waals surface area contributed by atoms with E-state index in [1.807, 2.05) is 0 Å². The fourth-order valence-electron chi connectivity index (χ4n) is 8.95. The van der Waals surface area contributed by atoms with Gasteiger partial charge in [-0.1, -0.05) is 127 Å². The van der Waals surface area contributed by atoms with Gasteiger partial charge in [-0.05, 0) is 110 Å². The van der Waals surface area contributed by atoms with E-state index in [0.717, 1.165) is 45.3 Å². The molecule has 0 bridgehead atoms. The summed E-state index contributed by atoms with van der Waals surface area (Å²) in [7, 11) is 0. The molecule has 3 nitrogen and oxygen atoms in total. The molecule has 244 valence electrons. The lowest BCUT2D eigenvalue weighted by Gasteiger charge is -2.41. The molecule has 0 aliphatic carbocycles. The molecule has 0 radical (unpaired) electrons. The number of hydrogen-bond acceptors (Lipinski definition) is 3. The number of hydrogen-bond donors (Lipinski definition) is 0. The number of rotatable bonds is 4. The first kappa shape index (κ1) is 29.6. The Hall–Kier alpha value is -7.09. The van der Waals surface area contributed by atoms with E-state index in [2.05, 4.69) is 198 Å². The van der Waals surface area contributed by atoms with E-state index in [1.54, 1.807) is 0 Å². The fourth-order valence-corrected chi connectivity index (χ4v) is 8.95. The normalized spacial score (nSPS) is 12.4. The standard InChI is InChI=1S/C49H30BN3/c51-31-32-26-42-40-20-11-21-41-45(52(37-16-3-1-4-17-37)38-18-5-2-6-19-38)25-24-43(48(40)41)50-44-29-35-14-9-10-15-36(35)30-46(44)53(47(27-32)49(42)50)39-23-22-33-12-7-8-13-34(33)28-39/h1-30H. The van der Waals surface area contributed by atoms with E-state index < -0.39 is 0 Å². The van der Waals surface area contributed by atoms with Crippen molar-refractivity contribution in [2.24, 2.45) is 0 Å². The van der Waals surface area contributed by atoms with Crippen molar-refractivity contribution < 1.29 is 0 Å². The van der Waals surface area contributed by atoms with E-state index >= 15 is 0 Å². The molecule has 0 fully saturated rings. The number of nitriles is 1. The van der Waals surface area contributed by atoms with Crippen molar-refractivity contribution in [1.29, 1.82) is 5.26 Å². The zero-order valence-electron chi connectivity index (χ0n) is 28.7. The number of nitrogens with zero attached hydrogens (tertiary/aromatic N) is 3. The van der Waals surface area contributed by atoms with E-state index in [1.165, 1.54) is 48.7 Å². The highest BCUT2D eigenvalue weighted by atomic mass is 15.2. The molecule has 53 heavy (non-hydrogen) atoms. The minimum Gasteiger partial charge on any atom is -0.311 e. The lowest BCUT2D eigenvalue weighted by Crippen LogP contribution is -2.59. The molecule has 0 unspecified atom stereocenters. The zero-order chi connectivity index (χ0) is 35.0. The molecule has 0 N–H and O–H groups in total. The quantitative estimate of drug-likeness (QED) is 0.175. The predicted octanol–water partition coefficient (Wildman–Crippen LogP) is 10.8. The highest BCUT2D eigenvalue weighted by Gasteiger charge is 2.42. The summed E-state index contributed by atoms with van der Waals surface area (Å²) in [6, 6.07) is 68.0. The fraction of sp³-hybridized carbons (Fsp3) is 0. The third kappa shape index (κ3) is 4.41. The van der Waals surface area contributed by atoms with Crippen LogP contribution in [-0.4, -0.2) is 6.71 Å². The van der Waals surface area contributed by atoms with Crippen LogP contribution in [0.2, 0.25) is 0 Å². The lowest BCUT2D eigenvalue weighted by atomic mass is 9.32. The van der Waals surface area contributed by atoms with Crippen LogP contribution in [0.15, 0.2) is 182 Å². The molecule has 0 aromatic heterocycles. The summed E-state index contributed by atoms with van der Waals surface area (Å²) in [4.78, 5) is 4.76. The van der Waals surface area contributed by atoms with Gasteiger partial charge >= 0.3 is 0 Å². The molecule has 0 atom stereocenters. The van der Waals surface area contributed by atoms with Crippen LogP contribution in [0.1, 0.15) is 5.56 Å². The third-order valence-electron chi connectivity index (χ3n) is 11.2. The summed E-state index contributed by atoms with van der Waals surface area (Å²) in [5.74, 6) is 0. The van der Waals surface area contributed by atoms with Gasteiger partial charge in [0.15, 0.2) is 0 Å². The van der Waals surface area contributed by atoms with Crippen molar-refractivity contribution in [3.63, 3.8) is 0 Å². The molecule has 9 aromatic rings. The van der Waals surface area contributed by atoms with Crippen molar-refractivity contribution >= 4 is 89.5 Å². The molecule has 11 rings (SSSR count). The Morgan fingerprint density at radius 3 is 1.87 bits per heavy atom. The monoisotopic (exact) mass is 671 g/mol. The Bertz CT molecular complexity index is 2950. The molecule has 0 saturated carbocycles. The molecule has 4 heteroatoms. The second kappa shape index (κ2) is 11.5. The molecule has 2 aliphatic rings. The number of benzene rings is 9. The zero-order valence-corrected chi connectivity index (χ0v) is 28.7. The Labute approximate surface area is 308 Å². The van der Waals surface area contributed by atoms with Crippen molar-refractivity contribution in [3.8, 4) is 17.2 Å². The second-order valence-electron chi connectivity index (χ2n) is 14.0. The smallest absolute Gasteiger partial charge is 0.248 e. The van der Waals surface area contributed by atoms with Gasteiger partial charge in [-0.2, -0.15) is 5.26 Å². The van der Waals surface area contributed by atoms with E-state index in [-0.39, 0.29) is 6.71 Å². The van der Waals surface area contributed by atoms with E-state index in [9.17, 15) is 5.26 Å². The summed E-state index contributed by atoms with van der Waals surface area (Å²) >= 11 is 0. The molecule has 2 aliphatic heterocycles. The minimum atomic E-state index is -0.0302. The van der Waals surface area contributed by atoms with Crippen LogP contribution in [0.25, 0.3) is 43.4 Å². The van der Waals surface area contributed by atoms with Crippen molar-refractivity contribution in [1.82, 2.24) is 0 Å². The van der Waals surface area contributed by atoms with Crippen molar-refractivity contribution in [3.05, 3.63) is 188 Å². The third-order valence-corrected chi connectivity index (χ3v) is 11.2. The summed E-state index contributed by atoms with van der Waals surface area (Å²) in [6.07, 6.45) is 0. The number of fused-ring (bicyclic) bond motifs is 6. The summed E-state index contributed by atoms with van der Waals surface area (Å²) < 4.78 is 0. The molecule has 0 spiro atoms. The maximum absolute atomic E-state index is 10.6. The van der Waals surface area contributed by atoms with Crippen LogP contribution in [0.3, 0.4) is 0 Å². The first-order chi connectivity index (χ1) is 26.2. The number of anilines is 6. The molecule has 0 amide bonds. The molecular formula is C49H30BN3. The largest absolute Gasteiger partial charge is 0.311 e. The van der Waals surface area contributed by atoms with Gasteiger partial charge in [-0.25, -0.2) is 0 Å². The Kier molecular flexibility index (Phi) is 6.41. The first-order valence-corrected chi connectivity index (χ1v) is 18.1. The average Bonchev–Trinajstić information content (AvgIpc) is 3.22. The first-order valence-electron chi connectivity index (χ1n) is 18.1. The summed E-state index contributed by atoms with van der Waals surface area (Å²) in [5, 5.41) is 17.8. The van der Waals surface area contributed by atoms with Gasteiger partial charge in [0.1, 0.15) is 0 Å². The molecule has 2 heterocycles. The highest BCUT2D eigenvalue weighted by molar-refractivity contribution is 7.01. The van der Waals surface area contributed by atoms with Crippen LogP contribution < -0.4 is 26.2 Å². The van der Waals surface area contributed by atoms with Gasteiger partial charge in [0.05, 0.1) is 17.3 Å². The van der Waals surface area contributed by atoms with Gasteiger partial charge < -0.3 is 9.80 Å². The van der Waals surface area contributed by atoms with Crippen LogP contribution in [0, 0.1) is 11.3 Å². The Balaban J connectivity index is 1.24. The van der Waals surface area contributed by atoms with E-state index in [0.29, 0.717) is 5.56 Å². The highest BCUT2D eigenvalue weighted by Crippen LogP contribution is 2.46. The van der Waals surface area contributed by atoms with Crippen molar-refractivity contribution in [2.75, 3.05) is 9.80 Å². The number of para-hydroxylation sites is 2. The van der Waals surface area contributed by atoms with Gasteiger partial charge in [-0.15, -0.1) is 0 Å². The van der Waals surface area contributed by atoms with Crippen LogP contribution >= 0.6 is 0 Å². The second-order valence-corrected chi connectivity index (χ2v) is 14.0. The van der Waals surface area contributed by atoms with Crippen LogP contribution in [0.4, 0.5) is 34.1 Å². The topological polar surface area (TPSA) is 30.3 Å². The SMILES string of the molecule is N#Cc1cc2c3c(c1)N(c1ccc4ccccc4c1)c1cc4ccccc4cc1B3c1ccc(N(c3ccccc3)c3ccccc3)c3cccc-2c13. The van der Waals surface area contributed by atoms with E-state index in [4.69, 9.17) is 0 Å². The van der Waals surface area contributed by atoms with Gasteiger partial charge in [0.25, 0.3) is 0 Å². The van der Waals surface area contributed by atoms with Crippen LogP contribution in [0.5, 0.6) is 0 Å². The molecule has 0 saturated heterocycles. The van der Waals surface area contributed by atoms with Crippen LogP contribution in [-0.2, 0) is 0 Å². The van der Waals surface area contributed by atoms with Gasteiger partial charge in [-0.3, -0.25) is 0 Å². The summed E-state index contributed by atoms with van der Waals surface area (Å²) in [5.41, 5.74) is 13.3. The predicted molar refractivity (Wildman–Crippen MR) is 223 cm³/mol. The van der Waals surface area contributed by atoms with Crippen molar-refractivity contribution in [2.45, 2.75) is 0 Å². The Morgan fingerprint density at radius 2 is 1.15 bits per heavy atom. The average molecular weight is 672 g/mol. The Morgan fingerprint density at radius 1 is 0.491 bits per heavy atom. The maximum Gasteiger partial charge on any atom is 0.248 e. The summed E-state index contributed by atoms with van der Waals surface area (Å²) in [6.45, 7) is -0.0302.